The Kier molecular flexibility index (Phi) is 6.73. The zero-order valence-corrected chi connectivity index (χ0v) is 17.3. The fourth-order valence-corrected chi connectivity index (χ4v) is 3.00. The number of aromatic nitrogens is 2. The van der Waals surface area contributed by atoms with Gasteiger partial charge in [0.25, 0.3) is 0 Å². The molecule has 0 bridgehead atoms. The number of amides is 1. The first-order chi connectivity index (χ1) is 13.4. The van der Waals surface area contributed by atoms with E-state index in [-0.39, 0.29) is 12.5 Å². The molecule has 1 heterocycles. The zero-order chi connectivity index (χ0) is 20.1. The van der Waals surface area contributed by atoms with Gasteiger partial charge in [0.1, 0.15) is 0 Å². The van der Waals surface area contributed by atoms with Crippen molar-refractivity contribution >= 4 is 35.1 Å². The third-order valence-corrected chi connectivity index (χ3v) is 4.51. The van der Waals surface area contributed by atoms with Gasteiger partial charge in [0.15, 0.2) is 0 Å². The van der Waals surface area contributed by atoms with Crippen LogP contribution in [0.15, 0.2) is 54.7 Å². The smallest absolute Gasteiger partial charge is 0.240 e. The molecule has 5 nitrogen and oxygen atoms in total. The second-order valence-electron chi connectivity index (χ2n) is 6.88. The molecule has 3 aromatic rings. The van der Waals surface area contributed by atoms with Gasteiger partial charge in [-0.1, -0.05) is 55.2 Å². The van der Waals surface area contributed by atoms with Gasteiger partial charge in [-0.15, -0.1) is 0 Å². The van der Waals surface area contributed by atoms with E-state index in [2.05, 4.69) is 29.5 Å². The summed E-state index contributed by atoms with van der Waals surface area (Å²) in [4.78, 5) is 17.0. The molecule has 2 N–H and O–H groups in total. The third-order valence-electron chi connectivity index (χ3n) is 4.02. The Morgan fingerprint density at radius 1 is 1.11 bits per heavy atom. The Bertz CT molecular complexity index is 951. The van der Waals surface area contributed by atoms with Crippen molar-refractivity contribution in [2.75, 3.05) is 18.4 Å². The lowest BCUT2D eigenvalue weighted by Gasteiger charge is -2.10. The van der Waals surface area contributed by atoms with E-state index in [0.29, 0.717) is 21.9 Å². The standard InChI is InChI=1S/C21H22Cl2N4O/c1-14(2)11-24-12-20(28)26-21-25-19(15-6-8-16(22)9-7-15)13-27(21)18-5-3-4-17(23)10-18/h3-10,13-14,24H,11-12H2,1-2H3,(H,25,26,28). The van der Waals surface area contributed by atoms with Crippen molar-refractivity contribution < 1.29 is 4.79 Å². The number of hydrogen-bond donors (Lipinski definition) is 2. The molecule has 0 fully saturated rings. The lowest BCUT2D eigenvalue weighted by molar-refractivity contribution is -0.115. The lowest BCUT2D eigenvalue weighted by Crippen LogP contribution is -2.31. The number of carbonyl (C=O) groups excluding carboxylic acids is 1. The molecule has 146 valence electrons. The summed E-state index contributed by atoms with van der Waals surface area (Å²) in [6.07, 6.45) is 1.87. The highest BCUT2D eigenvalue weighted by Crippen LogP contribution is 2.26. The summed E-state index contributed by atoms with van der Waals surface area (Å²) in [5, 5.41) is 7.28. The van der Waals surface area contributed by atoms with Crippen LogP contribution in [0.4, 0.5) is 5.95 Å². The summed E-state index contributed by atoms with van der Waals surface area (Å²) in [5.41, 5.74) is 2.44. The highest BCUT2D eigenvalue weighted by molar-refractivity contribution is 6.31. The molecular formula is C21H22Cl2N4O. The van der Waals surface area contributed by atoms with Crippen LogP contribution < -0.4 is 10.6 Å². The van der Waals surface area contributed by atoms with Gasteiger partial charge in [-0.2, -0.15) is 0 Å². The lowest BCUT2D eigenvalue weighted by atomic mass is 10.2. The molecule has 0 unspecified atom stereocenters. The Hall–Kier alpha value is -2.34. The van der Waals surface area contributed by atoms with Crippen molar-refractivity contribution in [1.29, 1.82) is 0 Å². The summed E-state index contributed by atoms with van der Waals surface area (Å²) in [6, 6.07) is 14.8. The van der Waals surface area contributed by atoms with Crippen LogP contribution in [-0.2, 0) is 4.79 Å². The van der Waals surface area contributed by atoms with Crippen molar-refractivity contribution in [2.24, 2.45) is 5.92 Å². The molecule has 28 heavy (non-hydrogen) atoms. The predicted octanol–water partition coefficient (Wildman–Crippen LogP) is 5.03. The van der Waals surface area contributed by atoms with Gasteiger partial charge in [0, 0.05) is 27.5 Å². The normalized spacial score (nSPS) is 11.0. The van der Waals surface area contributed by atoms with Crippen LogP contribution in [0.3, 0.4) is 0 Å². The molecule has 0 saturated heterocycles. The van der Waals surface area contributed by atoms with Crippen LogP contribution >= 0.6 is 23.2 Å². The molecule has 0 aliphatic heterocycles. The summed E-state index contributed by atoms with van der Waals surface area (Å²) >= 11 is 12.1. The fourth-order valence-electron chi connectivity index (χ4n) is 2.69. The zero-order valence-electron chi connectivity index (χ0n) is 15.7. The highest BCUT2D eigenvalue weighted by atomic mass is 35.5. The minimum absolute atomic E-state index is 0.155. The quantitative estimate of drug-likeness (QED) is 0.567. The number of rotatable bonds is 7. The third kappa shape index (κ3) is 5.35. The maximum absolute atomic E-state index is 12.4. The van der Waals surface area contributed by atoms with Crippen molar-refractivity contribution in [1.82, 2.24) is 14.9 Å². The molecule has 0 aliphatic carbocycles. The minimum atomic E-state index is -0.155. The van der Waals surface area contributed by atoms with E-state index in [1.54, 1.807) is 6.07 Å². The number of halogens is 2. The molecule has 0 aliphatic rings. The number of benzene rings is 2. The van der Waals surface area contributed by atoms with Gasteiger partial charge in [0.05, 0.1) is 12.2 Å². The monoisotopic (exact) mass is 416 g/mol. The first-order valence-corrected chi connectivity index (χ1v) is 9.80. The van der Waals surface area contributed by atoms with Crippen molar-refractivity contribution in [3.63, 3.8) is 0 Å². The average Bonchev–Trinajstić information content (AvgIpc) is 3.05. The van der Waals surface area contributed by atoms with Gasteiger partial charge >= 0.3 is 0 Å². The Morgan fingerprint density at radius 3 is 2.54 bits per heavy atom. The highest BCUT2D eigenvalue weighted by Gasteiger charge is 2.14. The molecule has 0 atom stereocenters. The number of nitrogens with zero attached hydrogens (tertiary/aromatic N) is 2. The van der Waals surface area contributed by atoms with Crippen molar-refractivity contribution in [3.05, 3.63) is 64.8 Å². The number of nitrogens with one attached hydrogen (secondary N) is 2. The molecule has 1 amide bonds. The SMILES string of the molecule is CC(C)CNCC(=O)Nc1nc(-c2ccc(Cl)cc2)cn1-c1cccc(Cl)c1. The van der Waals surface area contributed by atoms with E-state index in [4.69, 9.17) is 23.2 Å². The molecule has 3 rings (SSSR count). The fraction of sp³-hybridized carbons (Fsp3) is 0.238. The number of carbonyl (C=O) groups is 1. The van der Waals surface area contributed by atoms with Crippen LogP contribution in [0.5, 0.6) is 0 Å². The van der Waals surface area contributed by atoms with Gasteiger partial charge in [0.2, 0.25) is 11.9 Å². The minimum Gasteiger partial charge on any atom is -0.308 e. The van der Waals surface area contributed by atoms with Crippen molar-refractivity contribution in [3.8, 4) is 16.9 Å². The molecule has 7 heteroatoms. The van der Waals surface area contributed by atoms with Gasteiger partial charge in [-0.05, 0) is 42.8 Å². The first-order valence-electron chi connectivity index (χ1n) is 9.04. The van der Waals surface area contributed by atoms with E-state index in [9.17, 15) is 4.79 Å². The Morgan fingerprint density at radius 2 is 1.86 bits per heavy atom. The summed E-state index contributed by atoms with van der Waals surface area (Å²) in [5.74, 6) is 0.749. The summed E-state index contributed by atoms with van der Waals surface area (Å²) in [6.45, 7) is 5.17. The van der Waals surface area contributed by atoms with Gasteiger partial charge in [-0.25, -0.2) is 4.98 Å². The molecule has 0 radical (unpaired) electrons. The van der Waals surface area contributed by atoms with Crippen LogP contribution in [0.2, 0.25) is 10.0 Å². The molecule has 2 aromatic carbocycles. The van der Waals surface area contributed by atoms with Gasteiger partial charge in [-0.3, -0.25) is 14.7 Å². The number of hydrogen-bond acceptors (Lipinski definition) is 3. The van der Waals surface area contributed by atoms with Crippen LogP contribution in [0, 0.1) is 5.92 Å². The maximum Gasteiger partial charge on any atom is 0.240 e. The average molecular weight is 417 g/mol. The molecule has 1 aromatic heterocycles. The van der Waals surface area contributed by atoms with E-state index in [1.165, 1.54) is 0 Å². The van der Waals surface area contributed by atoms with Gasteiger partial charge < -0.3 is 5.32 Å². The summed E-state index contributed by atoms with van der Waals surface area (Å²) in [7, 11) is 0. The number of imidazole rings is 1. The predicted molar refractivity (Wildman–Crippen MR) is 115 cm³/mol. The second kappa shape index (κ2) is 9.24. The number of anilines is 1. The molecule has 0 saturated carbocycles. The Balaban J connectivity index is 1.90. The van der Waals surface area contributed by atoms with E-state index in [0.717, 1.165) is 23.5 Å². The van der Waals surface area contributed by atoms with E-state index in [1.807, 2.05) is 53.2 Å². The largest absolute Gasteiger partial charge is 0.308 e. The van der Waals surface area contributed by atoms with E-state index >= 15 is 0 Å². The van der Waals surface area contributed by atoms with Crippen LogP contribution in [0.1, 0.15) is 13.8 Å². The molecule has 0 spiro atoms. The molecular weight excluding hydrogens is 395 g/mol. The van der Waals surface area contributed by atoms with Crippen LogP contribution in [-0.4, -0.2) is 28.5 Å². The Labute approximate surface area is 174 Å². The second-order valence-corrected chi connectivity index (χ2v) is 7.75. The first kappa shape index (κ1) is 20.4. The van der Waals surface area contributed by atoms with E-state index < -0.39 is 0 Å². The maximum atomic E-state index is 12.4. The van der Waals surface area contributed by atoms with Crippen molar-refractivity contribution in [2.45, 2.75) is 13.8 Å². The van der Waals surface area contributed by atoms with Crippen LogP contribution in [0.25, 0.3) is 16.9 Å². The summed E-state index contributed by atoms with van der Waals surface area (Å²) < 4.78 is 1.82. The topological polar surface area (TPSA) is 59.0 Å².